The van der Waals surface area contributed by atoms with Gasteiger partial charge in [0.2, 0.25) is 0 Å². The van der Waals surface area contributed by atoms with Crippen molar-refractivity contribution in [2.75, 3.05) is 0 Å². The Balaban J connectivity index is 1.46. The van der Waals surface area contributed by atoms with Crippen molar-refractivity contribution in [1.82, 2.24) is 14.8 Å². The molecule has 6 nitrogen and oxygen atoms in total. The molecule has 0 aliphatic heterocycles. The molecule has 0 saturated heterocycles. The number of rotatable bonds is 8. The highest BCUT2D eigenvalue weighted by Gasteiger charge is 2.21. The van der Waals surface area contributed by atoms with Crippen LogP contribution in [0.2, 0.25) is 0 Å². The Labute approximate surface area is 191 Å². The molecule has 0 amide bonds. The molecular weight excluding hydrogens is 422 g/mol. The van der Waals surface area contributed by atoms with Crippen molar-refractivity contribution in [3.63, 3.8) is 0 Å². The van der Waals surface area contributed by atoms with E-state index < -0.39 is 5.97 Å². The molecule has 1 unspecified atom stereocenters. The minimum absolute atomic E-state index is 0.00157. The quantitative estimate of drug-likeness (QED) is 0.394. The predicted molar refractivity (Wildman–Crippen MR) is 125 cm³/mol. The largest absolute Gasteiger partial charge is 0.488 e. The standard InChI is InChI=1S/C25H25N3O3S/c1-16-4-6-19(7-5-16)25-27-17(2)23(32-25)15-31-20-10-8-18(9-11-20)21(14-24(29)30)22-12-13-26-28(22)3/h4-13,21H,14-15H2,1-3H3,(H,29,30). The zero-order valence-corrected chi connectivity index (χ0v) is 19.1. The van der Waals surface area contributed by atoms with E-state index in [4.69, 9.17) is 9.72 Å². The Kier molecular flexibility index (Phi) is 6.37. The van der Waals surface area contributed by atoms with Gasteiger partial charge in [-0.2, -0.15) is 5.10 Å². The summed E-state index contributed by atoms with van der Waals surface area (Å²) in [5.41, 5.74) is 5.09. The number of carboxylic acids is 1. The molecule has 0 aliphatic carbocycles. The van der Waals surface area contributed by atoms with Gasteiger partial charge in [0.25, 0.3) is 0 Å². The molecule has 1 N–H and O–H groups in total. The third-order valence-electron chi connectivity index (χ3n) is 5.44. The van der Waals surface area contributed by atoms with E-state index in [0.29, 0.717) is 6.61 Å². The molecule has 32 heavy (non-hydrogen) atoms. The van der Waals surface area contributed by atoms with Crippen molar-refractivity contribution in [2.24, 2.45) is 7.05 Å². The Bertz CT molecular complexity index is 1210. The number of aryl methyl sites for hydroxylation is 3. The number of nitrogens with zero attached hydrogens (tertiary/aromatic N) is 3. The first-order valence-electron chi connectivity index (χ1n) is 10.4. The number of ether oxygens (including phenoxy) is 1. The normalized spacial score (nSPS) is 12.0. The van der Waals surface area contributed by atoms with Crippen LogP contribution in [-0.4, -0.2) is 25.8 Å². The van der Waals surface area contributed by atoms with Gasteiger partial charge in [-0.3, -0.25) is 9.48 Å². The van der Waals surface area contributed by atoms with Crippen LogP contribution in [0.3, 0.4) is 0 Å². The highest BCUT2D eigenvalue weighted by molar-refractivity contribution is 7.15. The topological polar surface area (TPSA) is 77.2 Å². The molecule has 2 aromatic heterocycles. The molecule has 0 radical (unpaired) electrons. The van der Waals surface area contributed by atoms with Crippen molar-refractivity contribution in [3.8, 4) is 16.3 Å². The number of hydrogen-bond acceptors (Lipinski definition) is 5. The van der Waals surface area contributed by atoms with E-state index in [1.54, 1.807) is 22.2 Å². The van der Waals surface area contributed by atoms with Gasteiger partial charge in [0.05, 0.1) is 17.0 Å². The Morgan fingerprint density at radius 1 is 1.09 bits per heavy atom. The average molecular weight is 448 g/mol. The molecule has 2 heterocycles. The Hall–Kier alpha value is -3.45. The van der Waals surface area contributed by atoms with Crippen LogP contribution in [0.5, 0.6) is 5.75 Å². The van der Waals surface area contributed by atoms with Crippen LogP contribution in [0, 0.1) is 13.8 Å². The predicted octanol–water partition coefficient (Wildman–Crippen LogP) is 5.35. The zero-order chi connectivity index (χ0) is 22.7. The first-order chi connectivity index (χ1) is 15.4. The summed E-state index contributed by atoms with van der Waals surface area (Å²) >= 11 is 1.64. The zero-order valence-electron chi connectivity index (χ0n) is 18.3. The summed E-state index contributed by atoms with van der Waals surface area (Å²) in [6.07, 6.45) is 1.69. The van der Waals surface area contributed by atoms with E-state index in [9.17, 15) is 9.90 Å². The van der Waals surface area contributed by atoms with Gasteiger partial charge in [-0.05, 0) is 37.6 Å². The minimum atomic E-state index is -0.846. The third kappa shape index (κ3) is 4.89. The molecule has 0 fully saturated rings. The van der Waals surface area contributed by atoms with Gasteiger partial charge >= 0.3 is 5.97 Å². The van der Waals surface area contributed by atoms with Crippen LogP contribution >= 0.6 is 11.3 Å². The molecule has 0 aliphatic rings. The number of thiazole rings is 1. The van der Waals surface area contributed by atoms with Gasteiger partial charge in [-0.1, -0.05) is 42.0 Å². The Morgan fingerprint density at radius 2 is 1.81 bits per heavy atom. The fraction of sp³-hybridized carbons (Fsp3) is 0.240. The van der Waals surface area contributed by atoms with E-state index in [-0.39, 0.29) is 12.3 Å². The SMILES string of the molecule is Cc1ccc(-c2nc(C)c(COc3ccc(C(CC(=O)O)c4ccnn4C)cc3)s2)cc1. The number of carboxylic acid groups (broad SMARTS) is 1. The third-order valence-corrected chi connectivity index (χ3v) is 6.62. The molecule has 0 saturated carbocycles. The molecule has 4 rings (SSSR count). The second kappa shape index (κ2) is 9.36. The van der Waals surface area contributed by atoms with Crippen LogP contribution in [0.15, 0.2) is 60.8 Å². The van der Waals surface area contributed by atoms with Crippen LogP contribution < -0.4 is 4.74 Å². The monoisotopic (exact) mass is 447 g/mol. The molecular formula is C25H25N3O3S. The number of hydrogen-bond donors (Lipinski definition) is 1. The summed E-state index contributed by atoms with van der Waals surface area (Å²) in [6, 6.07) is 17.8. The van der Waals surface area contributed by atoms with Gasteiger partial charge in [-0.15, -0.1) is 11.3 Å². The highest BCUT2D eigenvalue weighted by Crippen LogP contribution is 2.31. The summed E-state index contributed by atoms with van der Waals surface area (Å²) < 4.78 is 7.73. The van der Waals surface area contributed by atoms with Crippen molar-refractivity contribution >= 4 is 17.3 Å². The maximum atomic E-state index is 11.4. The first kappa shape index (κ1) is 21.8. The van der Waals surface area contributed by atoms with Gasteiger partial charge in [-0.25, -0.2) is 4.98 Å². The number of benzene rings is 2. The number of carbonyl (C=O) groups is 1. The van der Waals surface area contributed by atoms with Gasteiger partial charge in [0.1, 0.15) is 17.4 Å². The van der Waals surface area contributed by atoms with Gasteiger partial charge in [0.15, 0.2) is 0 Å². The average Bonchev–Trinajstić information content (AvgIpc) is 3.36. The molecule has 7 heteroatoms. The van der Waals surface area contributed by atoms with E-state index in [0.717, 1.165) is 38.1 Å². The van der Waals surface area contributed by atoms with Crippen molar-refractivity contribution in [3.05, 3.63) is 88.2 Å². The summed E-state index contributed by atoms with van der Waals surface area (Å²) in [5.74, 6) is -0.381. The summed E-state index contributed by atoms with van der Waals surface area (Å²) in [5, 5.41) is 14.5. The second-order valence-electron chi connectivity index (χ2n) is 7.78. The maximum Gasteiger partial charge on any atom is 0.304 e. The van der Waals surface area contributed by atoms with Crippen LogP contribution in [0.1, 0.15) is 39.7 Å². The molecule has 0 spiro atoms. The molecule has 164 valence electrons. The van der Waals surface area contributed by atoms with E-state index in [1.807, 2.05) is 44.3 Å². The van der Waals surface area contributed by atoms with Crippen LogP contribution in [0.4, 0.5) is 0 Å². The smallest absolute Gasteiger partial charge is 0.304 e. The van der Waals surface area contributed by atoms with E-state index >= 15 is 0 Å². The van der Waals surface area contributed by atoms with Crippen LogP contribution in [-0.2, 0) is 18.4 Å². The molecule has 2 aromatic carbocycles. The lowest BCUT2D eigenvalue weighted by Gasteiger charge is -2.16. The Morgan fingerprint density at radius 3 is 2.44 bits per heavy atom. The molecule has 1 atom stereocenters. The maximum absolute atomic E-state index is 11.4. The fourth-order valence-electron chi connectivity index (χ4n) is 3.62. The summed E-state index contributed by atoms with van der Waals surface area (Å²) in [7, 11) is 1.82. The lowest BCUT2D eigenvalue weighted by Crippen LogP contribution is -2.12. The second-order valence-corrected chi connectivity index (χ2v) is 8.87. The summed E-state index contributed by atoms with van der Waals surface area (Å²) in [4.78, 5) is 17.2. The van der Waals surface area contributed by atoms with Gasteiger partial charge < -0.3 is 9.84 Å². The first-order valence-corrected chi connectivity index (χ1v) is 11.2. The number of aliphatic carboxylic acids is 1. The highest BCUT2D eigenvalue weighted by atomic mass is 32.1. The number of aromatic nitrogens is 3. The van der Waals surface area contributed by atoms with Crippen molar-refractivity contribution in [2.45, 2.75) is 32.8 Å². The van der Waals surface area contributed by atoms with Gasteiger partial charge in [0, 0.05) is 30.4 Å². The molecule has 0 bridgehead atoms. The van der Waals surface area contributed by atoms with Crippen molar-refractivity contribution in [1.29, 1.82) is 0 Å². The van der Waals surface area contributed by atoms with Crippen molar-refractivity contribution < 1.29 is 14.6 Å². The van der Waals surface area contributed by atoms with E-state index in [2.05, 4.69) is 36.3 Å². The van der Waals surface area contributed by atoms with Crippen LogP contribution in [0.25, 0.3) is 10.6 Å². The lowest BCUT2D eigenvalue weighted by atomic mass is 9.92. The fourth-order valence-corrected chi connectivity index (χ4v) is 4.60. The molecule has 4 aromatic rings. The minimum Gasteiger partial charge on any atom is -0.488 e. The van der Waals surface area contributed by atoms with E-state index in [1.165, 1.54) is 5.56 Å². The summed E-state index contributed by atoms with van der Waals surface area (Å²) in [6.45, 7) is 4.51. The lowest BCUT2D eigenvalue weighted by molar-refractivity contribution is -0.137.